The first-order valence-electron chi connectivity index (χ1n) is 5.87. The summed E-state index contributed by atoms with van der Waals surface area (Å²) >= 11 is 0. The van der Waals surface area contributed by atoms with Crippen molar-refractivity contribution < 1.29 is 19.8 Å². The molecule has 0 aromatic heterocycles. The Hall–Kier alpha value is -1.06. The Labute approximate surface area is 96.7 Å². The van der Waals surface area contributed by atoms with Gasteiger partial charge in [0.15, 0.2) is 0 Å². The summed E-state index contributed by atoms with van der Waals surface area (Å²) in [4.78, 5) is 20.8. The second-order valence-corrected chi connectivity index (χ2v) is 4.55. The molecular weight excluding hydrogens is 208 g/mol. The summed E-state index contributed by atoms with van der Waals surface area (Å²) in [5, 5.41) is 17.1. The van der Waals surface area contributed by atoms with Crippen LogP contribution in [-0.4, -0.2) is 22.2 Å². The number of carboxylic acid groups (broad SMARTS) is 2. The van der Waals surface area contributed by atoms with Gasteiger partial charge in [0.25, 0.3) is 0 Å². The quantitative estimate of drug-likeness (QED) is 0.597. The van der Waals surface area contributed by atoms with Crippen LogP contribution in [0.3, 0.4) is 0 Å². The largest absolute Gasteiger partial charge is 0.481 e. The average Bonchev–Trinajstić information content (AvgIpc) is 2.15. The minimum absolute atomic E-state index is 0.192. The predicted octanol–water partition coefficient (Wildman–Crippen LogP) is 2.77. The molecule has 4 nitrogen and oxygen atoms in total. The lowest BCUT2D eigenvalue weighted by Gasteiger charge is -2.17. The number of carbonyl (C=O) groups is 2. The zero-order valence-corrected chi connectivity index (χ0v) is 10.1. The molecule has 0 aromatic carbocycles. The number of hydrogen-bond acceptors (Lipinski definition) is 2. The van der Waals surface area contributed by atoms with E-state index in [1.807, 2.05) is 6.92 Å². The summed E-state index contributed by atoms with van der Waals surface area (Å²) in [6, 6.07) is 0. The van der Waals surface area contributed by atoms with E-state index in [1.165, 1.54) is 0 Å². The molecule has 2 N–H and O–H groups in total. The van der Waals surface area contributed by atoms with E-state index in [4.69, 9.17) is 10.2 Å². The zero-order valence-electron chi connectivity index (χ0n) is 10.1. The van der Waals surface area contributed by atoms with E-state index in [1.54, 1.807) is 0 Å². The first-order valence-corrected chi connectivity index (χ1v) is 5.87. The Morgan fingerprint density at radius 2 is 1.56 bits per heavy atom. The standard InChI is InChI=1S/C12H22O4/c1-9(10(2)8-12(15)16)6-4-3-5-7-11(13)14/h9-10H,3-8H2,1-2H3,(H,13,14)(H,15,16). The summed E-state index contributed by atoms with van der Waals surface area (Å²) in [7, 11) is 0. The molecule has 0 aliphatic heterocycles. The molecule has 2 atom stereocenters. The molecule has 0 heterocycles. The lowest BCUT2D eigenvalue weighted by atomic mass is 9.88. The van der Waals surface area contributed by atoms with Gasteiger partial charge in [-0.3, -0.25) is 9.59 Å². The molecule has 94 valence electrons. The molecule has 0 amide bonds. The SMILES string of the molecule is CC(CCCCCC(=O)O)C(C)CC(=O)O. The highest BCUT2D eigenvalue weighted by atomic mass is 16.4. The van der Waals surface area contributed by atoms with E-state index >= 15 is 0 Å². The first kappa shape index (κ1) is 14.9. The van der Waals surface area contributed by atoms with Gasteiger partial charge in [-0.2, -0.15) is 0 Å². The highest BCUT2D eigenvalue weighted by molar-refractivity contribution is 5.67. The lowest BCUT2D eigenvalue weighted by molar-refractivity contribution is -0.139. The summed E-state index contributed by atoms with van der Waals surface area (Å²) < 4.78 is 0. The Morgan fingerprint density at radius 1 is 0.938 bits per heavy atom. The fourth-order valence-electron chi connectivity index (χ4n) is 1.68. The maximum absolute atomic E-state index is 10.5. The normalized spacial score (nSPS) is 14.4. The Bertz CT molecular complexity index is 225. The molecule has 0 aromatic rings. The number of aliphatic carboxylic acids is 2. The average molecular weight is 230 g/mol. The fraction of sp³-hybridized carbons (Fsp3) is 0.833. The molecule has 0 fully saturated rings. The zero-order chi connectivity index (χ0) is 12.6. The molecule has 0 radical (unpaired) electrons. The molecule has 0 saturated carbocycles. The molecule has 0 spiro atoms. The van der Waals surface area contributed by atoms with Crippen molar-refractivity contribution >= 4 is 11.9 Å². The van der Waals surface area contributed by atoms with Crippen molar-refractivity contribution in [3.8, 4) is 0 Å². The monoisotopic (exact) mass is 230 g/mol. The van der Waals surface area contributed by atoms with Crippen LogP contribution in [0.1, 0.15) is 52.4 Å². The third kappa shape index (κ3) is 8.26. The van der Waals surface area contributed by atoms with Gasteiger partial charge in [0.2, 0.25) is 0 Å². The highest BCUT2D eigenvalue weighted by Crippen LogP contribution is 2.21. The van der Waals surface area contributed by atoms with Crippen molar-refractivity contribution in [3.63, 3.8) is 0 Å². The van der Waals surface area contributed by atoms with Gasteiger partial charge in [-0.05, 0) is 18.3 Å². The second kappa shape index (κ2) is 8.13. The van der Waals surface area contributed by atoms with Crippen molar-refractivity contribution in [1.29, 1.82) is 0 Å². The Kier molecular flexibility index (Phi) is 7.60. The van der Waals surface area contributed by atoms with Crippen molar-refractivity contribution in [2.75, 3.05) is 0 Å². The van der Waals surface area contributed by atoms with Gasteiger partial charge < -0.3 is 10.2 Å². The maximum atomic E-state index is 10.5. The van der Waals surface area contributed by atoms with Crippen LogP contribution in [0.5, 0.6) is 0 Å². The van der Waals surface area contributed by atoms with Gasteiger partial charge in [-0.25, -0.2) is 0 Å². The number of rotatable bonds is 9. The van der Waals surface area contributed by atoms with Gasteiger partial charge in [-0.15, -0.1) is 0 Å². The summed E-state index contributed by atoms with van der Waals surface area (Å²) in [5.74, 6) is -0.907. The van der Waals surface area contributed by atoms with E-state index in [0.717, 1.165) is 25.7 Å². The molecule has 0 aliphatic carbocycles. The van der Waals surface area contributed by atoms with E-state index < -0.39 is 11.9 Å². The minimum Gasteiger partial charge on any atom is -0.481 e. The molecular formula is C12H22O4. The molecule has 0 bridgehead atoms. The molecule has 4 heteroatoms. The maximum Gasteiger partial charge on any atom is 0.303 e. The summed E-state index contributed by atoms with van der Waals surface area (Å²) in [5.41, 5.74) is 0. The van der Waals surface area contributed by atoms with Crippen LogP contribution in [0.25, 0.3) is 0 Å². The van der Waals surface area contributed by atoms with E-state index in [2.05, 4.69) is 6.92 Å². The van der Waals surface area contributed by atoms with Crippen molar-refractivity contribution in [3.05, 3.63) is 0 Å². The lowest BCUT2D eigenvalue weighted by Crippen LogP contribution is -2.12. The van der Waals surface area contributed by atoms with Gasteiger partial charge in [0.1, 0.15) is 0 Å². The highest BCUT2D eigenvalue weighted by Gasteiger charge is 2.14. The Morgan fingerprint density at radius 3 is 2.06 bits per heavy atom. The van der Waals surface area contributed by atoms with Gasteiger partial charge in [0, 0.05) is 12.8 Å². The van der Waals surface area contributed by atoms with Crippen LogP contribution in [-0.2, 0) is 9.59 Å². The molecule has 16 heavy (non-hydrogen) atoms. The summed E-state index contributed by atoms with van der Waals surface area (Å²) in [6.07, 6.45) is 4.05. The van der Waals surface area contributed by atoms with Crippen LogP contribution < -0.4 is 0 Å². The third-order valence-electron chi connectivity index (χ3n) is 3.02. The van der Waals surface area contributed by atoms with Gasteiger partial charge in [-0.1, -0.05) is 33.1 Å². The fourth-order valence-corrected chi connectivity index (χ4v) is 1.68. The van der Waals surface area contributed by atoms with Crippen molar-refractivity contribution in [1.82, 2.24) is 0 Å². The molecule has 2 unspecified atom stereocenters. The van der Waals surface area contributed by atoms with Crippen LogP contribution in [0.2, 0.25) is 0 Å². The van der Waals surface area contributed by atoms with Gasteiger partial charge >= 0.3 is 11.9 Å². The minimum atomic E-state index is -0.745. The summed E-state index contributed by atoms with van der Waals surface area (Å²) in [6.45, 7) is 4.01. The molecule has 0 saturated heterocycles. The van der Waals surface area contributed by atoms with E-state index in [0.29, 0.717) is 5.92 Å². The van der Waals surface area contributed by atoms with Gasteiger partial charge in [0.05, 0.1) is 0 Å². The van der Waals surface area contributed by atoms with E-state index in [-0.39, 0.29) is 18.8 Å². The third-order valence-corrected chi connectivity index (χ3v) is 3.02. The van der Waals surface area contributed by atoms with E-state index in [9.17, 15) is 9.59 Å². The van der Waals surface area contributed by atoms with Crippen molar-refractivity contribution in [2.45, 2.75) is 52.4 Å². The predicted molar refractivity (Wildman–Crippen MR) is 61.3 cm³/mol. The Balaban J connectivity index is 3.52. The molecule has 0 aliphatic rings. The number of carboxylic acids is 2. The number of hydrogen-bond donors (Lipinski definition) is 2. The number of unbranched alkanes of at least 4 members (excludes halogenated alkanes) is 2. The molecule has 0 rings (SSSR count). The first-order chi connectivity index (χ1) is 7.43. The van der Waals surface area contributed by atoms with Crippen LogP contribution in [0.4, 0.5) is 0 Å². The van der Waals surface area contributed by atoms with Crippen LogP contribution in [0.15, 0.2) is 0 Å². The van der Waals surface area contributed by atoms with Crippen LogP contribution >= 0.6 is 0 Å². The second-order valence-electron chi connectivity index (χ2n) is 4.55. The smallest absolute Gasteiger partial charge is 0.303 e. The topological polar surface area (TPSA) is 74.6 Å². The van der Waals surface area contributed by atoms with Crippen LogP contribution in [0, 0.1) is 11.8 Å². The van der Waals surface area contributed by atoms with Crippen molar-refractivity contribution in [2.24, 2.45) is 11.8 Å².